The largest absolute Gasteiger partial charge is 0.320 e. The SMILES string of the molecule is O=C1CSC(=Cc2ccc(Sc3ccccc3)cc2)N1. The van der Waals surface area contributed by atoms with Crippen LogP contribution in [0.15, 0.2) is 69.4 Å². The Hall–Kier alpha value is -1.65. The van der Waals surface area contributed by atoms with Crippen molar-refractivity contribution in [1.82, 2.24) is 5.32 Å². The molecule has 4 heteroatoms. The Morgan fingerprint density at radius 1 is 1.00 bits per heavy atom. The number of thioether (sulfide) groups is 1. The first-order chi connectivity index (χ1) is 9.79. The van der Waals surface area contributed by atoms with E-state index in [4.69, 9.17) is 0 Å². The third kappa shape index (κ3) is 3.46. The molecule has 1 saturated heterocycles. The lowest BCUT2D eigenvalue weighted by molar-refractivity contribution is -0.117. The molecule has 1 aliphatic rings. The minimum absolute atomic E-state index is 0.0810. The maximum Gasteiger partial charge on any atom is 0.235 e. The molecular weight excluding hydrogens is 286 g/mol. The molecule has 0 bridgehead atoms. The summed E-state index contributed by atoms with van der Waals surface area (Å²) < 4.78 is 0. The number of hydrogen-bond acceptors (Lipinski definition) is 3. The average Bonchev–Trinajstić information content (AvgIpc) is 2.88. The molecule has 1 N–H and O–H groups in total. The van der Waals surface area contributed by atoms with Crippen molar-refractivity contribution in [3.05, 3.63) is 65.2 Å². The van der Waals surface area contributed by atoms with Crippen molar-refractivity contribution >= 4 is 35.5 Å². The lowest BCUT2D eigenvalue weighted by atomic mass is 10.2. The van der Waals surface area contributed by atoms with Crippen LogP contribution in [0.25, 0.3) is 6.08 Å². The van der Waals surface area contributed by atoms with Gasteiger partial charge in [-0.25, -0.2) is 0 Å². The molecule has 0 aliphatic carbocycles. The van der Waals surface area contributed by atoms with Crippen LogP contribution in [0.4, 0.5) is 0 Å². The smallest absolute Gasteiger partial charge is 0.235 e. The first kappa shape index (κ1) is 13.3. The summed E-state index contributed by atoms with van der Waals surface area (Å²) in [5, 5.41) is 3.77. The van der Waals surface area contributed by atoms with Crippen molar-refractivity contribution in [2.75, 3.05) is 5.75 Å². The predicted molar refractivity (Wildman–Crippen MR) is 85.6 cm³/mol. The topological polar surface area (TPSA) is 29.1 Å². The number of nitrogens with one attached hydrogen (secondary N) is 1. The maximum absolute atomic E-state index is 11.1. The fourth-order valence-electron chi connectivity index (χ4n) is 1.84. The molecule has 1 amide bonds. The molecule has 1 aliphatic heterocycles. The van der Waals surface area contributed by atoms with E-state index in [1.807, 2.05) is 24.3 Å². The lowest BCUT2D eigenvalue weighted by Crippen LogP contribution is -2.13. The molecule has 0 atom stereocenters. The van der Waals surface area contributed by atoms with Crippen molar-refractivity contribution in [2.24, 2.45) is 0 Å². The van der Waals surface area contributed by atoms with E-state index >= 15 is 0 Å². The third-order valence-electron chi connectivity index (χ3n) is 2.78. The molecule has 3 rings (SSSR count). The van der Waals surface area contributed by atoms with E-state index in [0.717, 1.165) is 10.6 Å². The van der Waals surface area contributed by atoms with Crippen LogP contribution in [0, 0.1) is 0 Å². The number of carbonyl (C=O) groups is 1. The lowest BCUT2D eigenvalue weighted by Gasteiger charge is -2.02. The summed E-state index contributed by atoms with van der Waals surface area (Å²) in [6.45, 7) is 0. The minimum atomic E-state index is 0.0810. The van der Waals surface area contributed by atoms with Gasteiger partial charge < -0.3 is 5.32 Å². The number of benzene rings is 2. The molecule has 2 aromatic carbocycles. The van der Waals surface area contributed by atoms with Gasteiger partial charge >= 0.3 is 0 Å². The van der Waals surface area contributed by atoms with E-state index in [1.54, 1.807) is 23.5 Å². The van der Waals surface area contributed by atoms with Gasteiger partial charge in [0.15, 0.2) is 0 Å². The number of carbonyl (C=O) groups excluding carboxylic acids is 1. The van der Waals surface area contributed by atoms with Crippen LogP contribution in [0.1, 0.15) is 5.56 Å². The Morgan fingerprint density at radius 3 is 2.35 bits per heavy atom. The monoisotopic (exact) mass is 299 g/mol. The van der Waals surface area contributed by atoms with Crippen molar-refractivity contribution in [2.45, 2.75) is 9.79 Å². The molecule has 0 aromatic heterocycles. The van der Waals surface area contributed by atoms with Gasteiger partial charge in [-0.05, 0) is 35.9 Å². The summed E-state index contributed by atoms with van der Waals surface area (Å²) in [6, 6.07) is 18.7. The third-order valence-corrected chi connectivity index (χ3v) is 4.73. The van der Waals surface area contributed by atoms with Gasteiger partial charge in [-0.15, -0.1) is 0 Å². The molecule has 0 unspecified atom stereocenters. The fourth-order valence-corrected chi connectivity index (χ4v) is 3.44. The molecule has 0 saturated carbocycles. The van der Waals surface area contributed by atoms with Crippen molar-refractivity contribution < 1.29 is 4.79 Å². The highest BCUT2D eigenvalue weighted by atomic mass is 32.2. The quantitative estimate of drug-likeness (QED) is 0.929. The standard InChI is InChI=1S/C16H13NOS2/c18-15-11-19-16(17-15)10-12-6-8-14(9-7-12)20-13-4-2-1-3-5-13/h1-10H,11H2,(H,17,18). The molecule has 100 valence electrons. The molecule has 2 aromatic rings. The average molecular weight is 299 g/mol. The van der Waals surface area contributed by atoms with Gasteiger partial charge in [-0.3, -0.25) is 4.79 Å². The van der Waals surface area contributed by atoms with E-state index in [-0.39, 0.29) is 5.91 Å². The zero-order valence-corrected chi connectivity index (χ0v) is 12.3. The highest BCUT2D eigenvalue weighted by Gasteiger charge is 2.14. The van der Waals surface area contributed by atoms with Crippen LogP contribution in [0.2, 0.25) is 0 Å². The van der Waals surface area contributed by atoms with Gasteiger partial charge in [0.2, 0.25) is 5.91 Å². The van der Waals surface area contributed by atoms with E-state index in [1.165, 1.54) is 9.79 Å². The van der Waals surface area contributed by atoms with Crippen LogP contribution in [-0.2, 0) is 4.79 Å². The van der Waals surface area contributed by atoms with Gasteiger partial charge in [-0.2, -0.15) is 0 Å². The Balaban J connectivity index is 1.70. The summed E-state index contributed by atoms with van der Waals surface area (Å²) in [4.78, 5) is 13.6. The van der Waals surface area contributed by atoms with Crippen LogP contribution in [0.3, 0.4) is 0 Å². The van der Waals surface area contributed by atoms with Crippen molar-refractivity contribution in [1.29, 1.82) is 0 Å². The van der Waals surface area contributed by atoms with E-state index in [2.05, 4.69) is 41.7 Å². The van der Waals surface area contributed by atoms with Crippen molar-refractivity contribution in [3.63, 3.8) is 0 Å². The second kappa shape index (κ2) is 6.20. The highest BCUT2D eigenvalue weighted by molar-refractivity contribution is 8.04. The molecule has 1 fully saturated rings. The van der Waals surface area contributed by atoms with Crippen LogP contribution < -0.4 is 5.32 Å². The first-order valence-electron chi connectivity index (χ1n) is 6.27. The summed E-state index contributed by atoms with van der Waals surface area (Å²) in [6.07, 6.45) is 2.01. The molecule has 20 heavy (non-hydrogen) atoms. The van der Waals surface area contributed by atoms with Crippen LogP contribution in [0.5, 0.6) is 0 Å². The van der Waals surface area contributed by atoms with Gasteiger partial charge in [0, 0.05) is 9.79 Å². The maximum atomic E-state index is 11.1. The predicted octanol–water partition coefficient (Wildman–Crippen LogP) is 4.00. The second-order valence-corrected chi connectivity index (χ2v) is 6.49. The summed E-state index contributed by atoms with van der Waals surface area (Å²) in [5.41, 5.74) is 1.10. The molecular formula is C16H13NOS2. The number of rotatable bonds is 3. The Labute approximate surface area is 126 Å². The first-order valence-corrected chi connectivity index (χ1v) is 8.07. The fraction of sp³-hybridized carbons (Fsp3) is 0.0625. The highest BCUT2D eigenvalue weighted by Crippen LogP contribution is 2.28. The summed E-state index contributed by atoms with van der Waals surface area (Å²) >= 11 is 3.29. The van der Waals surface area contributed by atoms with Gasteiger partial charge in [0.1, 0.15) is 0 Å². The number of hydrogen-bond donors (Lipinski definition) is 1. The number of amides is 1. The van der Waals surface area contributed by atoms with Crippen LogP contribution in [-0.4, -0.2) is 11.7 Å². The van der Waals surface area contributed by atoms with E-state index in [9.17, 15) is 4.79 Å². The molecule has 1 heterocycles. The van der Waals surface area contributed by atoms with Gasteiger partial charge in [0.25, 0.3) is 0 Å². The summed E-state index contributed by atoms with van der Waals surface area (Å²) in [7, 11) is 0. The second-order valence-electron chi connectivity index (χ2n) is 4.33. The van der Waals surface area contributed by atoms with Crippen molar-refractivity contribution in [3.8, 4) is 0 Å². The van der Waals surface area contributed by atoms with Crippen LogP contribution >= 0.6 is 23.5 Å². The molecule has 0 radical (unpaired) electrons. The zero-order chi connectivity index (χ0) is 13.8. The minimum Gasteiger partial charge on any atom is -0.320 e. The Bertz CT molecular complexity index is 635. The zero-order valence-electron chi connectivity index (χ0n) is 10.7. The Morgan fingerprint density at radius 2 is 1.70 bits per heavy atom. The normalized spacial score (nSPS) is 16.4. The Kier molecular flexibility index (Phi) is 4.14. The molecule has 0 spiro atoms. The molecule has 2 nitrogen and oxygen atoms in total. The summed E-state index contributed by atoms with van der Waals surface area (Å²) in [5.74, 6) is 0.603. The van der Waals surface area contributed by atoms with Gasteiger partial charge in [-0.1, -0.05) is 53.9 Å². The van der Waals surface area contributed by atoms with Gasteiger partial charge in [0.05, 0.1) is 10.8 Å². The van der Waals surface area contributed by atoms with E-state index < -0.39 is 0 Å². The van der Waals surface area contributed by atoms with E-state index in [0.29, 0.717) is 5.75 Å².